The lowest BCUT2D eigenvalue weighted by Gasteiger charge is -2.47. The Morgan fingerprint density at radius 1 is 1.21 bits per heavy atom. The first-order valence-corrected chi connectivity index (χ1v) is 9.03. The fourth-order valence-electron chi connectivity index (χ4n) is 3.39. The predicted octanol–water partition coefficient (Wildman–Crippen LogP) is 1.71. The van der Waals surface area contributed by atoms with E-state index in [4.69, 9.17) is 0 Å². The normalized spacial score (nSPS) is 25.2. The molecule has 0 saturated carbocycles. The molecule has 0 aliphatic carbocycles. The summed E-state index contributed by atoms with van der Waals surface area (Å²) in [6.45, 7) is 12.5. The number of piperidine rings is 1. The summed E-state index contributed by atoms with van der Waals surface area (Å²) in [4.78, 5) is 0. The highest BCUT2D eigenvalue weighted by Gasteiger charge is 2.38. The minimum Gasteiger partial charge on any atom is -0.310 e. The SMILES string of the molecule is CCS(=O)(=O)CC(C)NC1CC(C)(C)NC(C)(C)C1. The third-order valence-electron chi connectivity index (χ3n) is 3.65. The Labute approximate surface area is 118 Å². The Balaban J connectivity index is 2.61. The lowest BCUT2D eigenvalue weighted by atomic mass is 9.79. The lowest BCUT2D eigenvalue weighted by Crippen LogP contribution is -2.62. The van der Waals surface area contributed by atoms with E-state index in [1.165, 1.54) is 0 Å². The quantitative estimate of drug-likeness (QED) is 0.809. The van der Waals surface area contributed by atoms with Gasteiger partial charge in [-0.1, -0.05) is 6.92 Å². The Morgan fingerprint density at radius 2 is 1.68 bits per heavy atom. The van der Waals surface area contributed by atoms with Crippen LogP contribution in [0.1, 0.15) is 54.4 Å². The second-order valence-electron chi connectivity index (χ2n) is 7.26. The molecule has 0 aromatic heterocycles. The number of hydrogen-bond donors (Lipinski definition) is 2. The standard InChI is InChI=1S/C14H30N2O2S/c1-7-19(17,18)10-11(2)15-12-8-13(3,4)16-14(5,6)9-12/h11-12,15-16H,7-10H2,1-6H3. The van der Waals surface area contributed by atoms with Crippen LogP contribution in [0.3, 0.4) is 0 Å². The molecule has 1 heterocycles. The van der Waals surface area contributed by atoms with Gasteiger partial charge in [0.15, 0.2) is 9.84 Å². The zero-order chi connectivity index (χ0) is 14.9. The summed E-state index contributed by atoms with van der Waals surface area (Å²) >= 11 is 0. The van der Waals surface area contributed by atoms with Gasteiger partial charge in [-0.3, -0.25) is 0 Å². The molecule has 2 N–H and O–H groups in total. The summed E-state index contributed by atoms with van der Waals surface area (Å²) in [6, 6.07) is 0.382. The molecule has 0 spiro atoms. The van der Waals surface area contributed by atoms with Gasteiger partial charge in [-0.2, -0.15) is 0 Å². The second kappa shape index (κ2) is 5.70. The van der Waals surface area contributed by atoms with Gasteiger partial charge in [-0.25, -0.2) is 8.42 Å². The van der Waals surface area contributed by atoms with Crippen LogP contribution >= 0.6 is 0 Å². The molecule has 5 heteroatoms. The van der Waals surface area contributed by atoms with E-state index < -0.39 is 9.84 Å². The van der Waals surface area contributed by atoms with E-state index in [0.717, 1.165) is 12.8 Å². The van der Waals surface area contributed by atoms with Crippen molar-refractivity contribution in [3.8, 4) is 0 Å². The minimum atomic E-state index is -2.91. The average Bonchev–Trinajstić information content (AvgIpc) is 2.10. The molecule has 0 bridgehead atoms. The molecular weight excluding hydrogens is 260 g/mol. The van der Waals surface area contributed by atoms with Crippen molar-refractivity contribution >= 4 is 9.84 Å². The van der Waals surface area contributed by atoms with Crippen molar-refractivity contribution in [3.05, 3.63) is 0 Å². The summed E-state index contributed by atoms with van der Waals surface area (Å²) < 4.78 is 23.3. The van der Waals surface area contributed by atoms with Crippen molar-refractivity contribution < 1.29 is 8.42 Å². The van der Waals surface area contributed by atoms with Crippen molar-refractivity contribution in [2.24, 2.45) is 0 Å². The molecule has 1 rings (SSSR count). The lowest BCUT2D eigenvalue weighted by molar-refractivity contribution is 0.142. The Morgan fingerprint density at radius 3 is 2.11 bits per heavy atom. The zero-order valence-corrected chi connectivity index (χ0v) is 14.0. The maximum atomic E-state index is 11.7. The molecule has 1 atom stereocenters. The number of nitrogens with one attached hydrogen (secondary N) is 2. The van der Waals surface area contributed by atoms with Crippen molar-refractivity contribution in [2.75, 3.05) is 11.5 Å². The summed E-state index contributed by atoms with van der Waals surface area (Å²) in [5.41, 5.74) is 0.172. The monoisotopic (exact) mass is 290 g/mol. The van der Waals surface area contributed by atoms with Crippen LogP contribution in [0.5, 0.6) is 0 Å². The molecule has 1 saturated heterocycles. The molecule has 114 valence electrons. The first kappa shape index (κ1) is 16.9. The highest BCUT2D eigenvalue weighted by atomic mass is 32.2. The molecule has 0 radical (unpaired) electrons. The fourth-order valence-corrected chi connectivity index (χ4v) is 4.48. The third-order valence-corrected chi connectivity index (χ3v) is 5.54. The van der Waals surface area contributed by atoms with E-state index in [1.807, 2.05) is 6.92 Å². The Hall–Kier alpha value is -0.130. The smallest absolute Gasteiger partial charge is 0.151 e. The van der Waals surface area contributed by atoms with Gasteiger partial charge in [-0.15, -0.1) is 0 Å². The number of rotatable bonds is 5. The van der Waals surface area contributed by atoms with Gasteiger partial charge in [0.25, 0.3) is 0 Å². The number of sulfone groups is 1. The van der Waals surface area contributed by atoms with Gasteiger partial charge in [0.05, 0.1) is 5.75 Å². The first-order valence-electron chi connectivity index (χ1n) is 7.20. The van der Waals surface area contributed by atoms with Crippen LogP contribution in [0.4, 0.5) is 0 Å². The maximum absolute atomic E-state index is 11.7. The maximum Gasteiger partial charge on any atom is 0.151 e. The second-order valence-corrected chi connectivity index (χ2v) is 9.66. The van der Waals surface area contributed by atoms with E-state index in [1.54, 1.807) is 6.92 Å². The van der Waals surface area contributed by atoms with Crippen LogP contribution in [0, 0.1) is 0 Å². The molecule has 0 aromatic carbocycles. The van der Waals surface area contributed by atoms with Gasteiger partial charge < -0.3 is 10.6 Å². The van der Waals surface area contributed by atoms with E-state index >= 15 is 0 Å². The number of hydrogen-bond acceptors (Lipinski definition) is 4. The van der Waals surface area contributed by atoms with Gasteiger partial charge in [0.1, 0.15) is 0 Å². The highest BCUT2D eigenvalue weighted by Crippen LogP contribution is 2.28. The van der Waals surface area contributed by atoms with Gasteiger partial charge in [0, 0.05) is 28.9 Å². The summed E-state index contributed by atoms with van der Waals surface area (Å²) in [5, 5.41) is 7.14. The molecule has 1 unspecified atom stereocenters. The van der Waals surface area contributed by atoms with Crippen LogP contribution in [-0.4, -0.2) is 43.1 Å². The van der Waals surface area contributed by atoms with Crippen molar-refractivity contribution in [3.63, 3.8) is 0 Å². The largest absolute Gasteiger partial charge is 0.310 e. The minimum absolute atomic E-state index is 0.0136. The zero-order valence-electron chi connectivity index (χ0n) is 13.2. The molecule has 19 heavy (non-hydrogen) atoms. The molecule has 1 aliphatic heterocycles. The van der Waals surface area contributed by atoms with Crippen molar-refractivity contribution in [2.45, 2.75) is 77.5 Å². The van der Waals surface area contributed by atoms with E-state index in [-0.39, 0.29) is 28.6 Å². The average molecular weight is 290 g/mol. The van der Waals surface area contributed by atoms with E-state index in [9.17, 15) is 8.42 Å². The summed E-state index contributed by atoms with van der Waals surface area (Å²) in [7, 11) is -2.91. The van der Waals surface area contributed by atoms with Crippen LogP contribution in [0.15, 0.2) is 0 Å². The fraction of sp³-hybridized carbons (Fsp3) is 1.00. The van der Waals surface area contributed by atoms with Crippen molar-refractivity contribution in [1.29, 1.82) is 0 Å². The predicted molar refractivity (Wildman–Crippen MR) is 81.2 cm³/mol. The summed E-state index contributed by atoms with van der Waals surface area (Å²) in [6.07, 6.45) is 2.04. The topological polar surface area (TPSA) is 58.2 Å². The molecule has 1 fully saturated rings. The Kier molecular flexibility index (Phi) is 5.08. The molecule has 0 amide bonds. The van der Waals surface area contributed by atoms with Crippen LogP contribution in [-0.2, 0) is 9.84 Å². The van der Waals surface area contributed by atoms with Gasteiger partial charge in [0.2, 0.25) is 0 Å². The molecule has 0 aromatic rings. The van der Waals surface area contributed by atoms with Crippen molar-refractivity contribution in [1.82, 2.24) is 10.6 Å². The third kappa shape index (κ3) is 5.79. The summed E-state index contributed by atoms with van der Waals surface area (Å²) in [5.74, 6) is 0.455. The first-order chi connectivity index (χ1) is 8.45. The van der Waals surface area contributed by atoms with Crippen LogP contribution in [0.25, 0.3) is 0 Å². The van der Waals surface area contributed by atoms with E-state index in [0.29, 0.717) is 6.04 Å². The van der Waals surface area contributed by atoms with Crippen LogP contribution in [0.2, 0.25) is 0 Å². The Bertz CT molecular complexity index is 386. The molecule has 4 nitrogen and oxygen atoms in total. The van der Waals surface area contributed by atoms with Gasteiger partial charge in [-0.05, 0) is 47.5 Å². The van der Waals surface area contributed by atoms with Gasteiger partial charge >= 0.3 is 0 Å². The van der Waals surface area contributed by atoms with E-state index in [2.05, 4.69) is 38.3 Å². The highest BCUT2D eigenvalue weighted by molar-refractivity contribution is 7.91. The molecule has 1 aliphatic rings. The van der Waals surface area contributed by atoms with Crippen LogP contribution < -0.4 is 10.6 Å². The molecular formula is C14H30N2O2S.